The van der Waals surface area contributed by atoms with Crippen LogP contribution in [0.1, 0.15) is 5.56 Å². The smallest absolute Gasteiger partial charge is 0.337 e. The van der Waals surface area contributed by atoms with Crippen LogP contribution < -0.4 is 4.57 Å². The Morgan fingerprint density at radius 2 is 1.97 bits per heavy atom. The normalized spacial score (nSPS) is 33.1. The zero-order valence-corrected chi connectivity index (χ0v) is 19.3. The number of hydrogen-bond donors (Lipinski definition) is 5. The average Bonchev–Trinajstić information content (AvgIpc) is 2.87. The first-order valence-electron chi connectivity index (χ1n) is 11.1. The highest BCUT2D eigenvalue weighted by Crippen LogP contribution is 2.36. The summed E-state index contributed by atoms with van der Waals surface area (Å²) in [5.74, 6) is -1.86. The molecule has 1 saturated heterocycles. The van der Waals surface area contributed by atoms with Gasteiger partial charge in [-0.25, -0.2) is 9.36 Å². The van der Waals surface area contributed by atoms with Gasteiger partial charge in [-0.15, -0.1) is 6.58 Å². The molecule has 0 bridgehead atoms. The van der Waals surface area contributed by atoms with Crippen LogP contribution in [0.2, 0.25) is 0 Å². The quantitative estimate of drug-likeness (QED) is 0.157. The van der Waals surface area contributed by atoms with E-state index in [0.29, 0.717) is 6.54 Å². The number of aliphatic hydroxyl groups is 5. The number of carbonyl (C=O) groups is 1. The number of nitrogens with zero attached hydrogens (tertiary/aromatic N) is 1. The van der Waals surface area contributed by atoms with Gasteiger partial charge in [0.2, 0.25) is 6.29 Å². The predicted octanol–water partition coefficient (Wildman–Crippen LogP) is -1.37. The molecule has 1 aromatic heterocycles. The second kappa shape index (κ2) is 12.4. The third kappa shape index (κ3) is 6.14. The molecule has 0 unspecified atom stereocenters. The van der Waals surface area contributed by atoms with Gasteiger partial charge >= 0.3 is 5.97 Å². The van der Waals surface area contributed by atoms with Gasteiger partial charge in [0.05, 0.1) is 31.5 Å². The van der Waals surface area contributed by atoms with E-state index in [0.717, 1.165) is 5.56 Å². The van der Waals surface area contributed by atoms with Crippen LogP contribution in [0.5, 0.6) is 0 Å². The topological polar surface area (TPSA) is 159 Å². The van der Waals surface area contributed by atoms with Gasteiger partial charge in [0.1, 0.15) is 31.0 Å². The van der Waals surface area contributed by atoms with Crippen LogP contribution in [-0.2, 0) is 30.3 Å². The Morgan fingerprint density at radius 3 is 2.63 bits per heavy atom. The zero-order chi connectivity index (χ0) is 25.5. The van der Waals surface area contributed by atoms with Gasteiger partial charge in [-0.3, -0.25) is 0 Å². The van der Waals surface area contributed by atoms with Crippen molar-refractivity contribution >= 4 is 12.0 Å². The number of esters is 1. The Morgan fingerprint density at radius 1 is 1.20 bits per heavy atom. The molecule has 1 aromatic rings. The molecule has 2 aliphatic heterocycles. The summed E-state index contributed by atoms with van der Waals surface area (Å²) >= 11 is 0. The van der Waals surface area contributed by atoms with E-state index in [1.54, 1.807) is 12.2 Å². The van der Waals surface area contributed by atoms with Crippen molar-refractivity contribution in [1.29, 1.82) is 0 Å². The Hall–Kier alpha value is -2.64. The van der Waals surface area contributed by atoms with Crippen LogP contribution in [0.4, 0.5) is 0 Å². The summed E-state index contributed by atoms with van der Waals surface area (Å²) in [5.41, 5.74) is 1.02. The molecular weight excluding hydrogens is 462 g/mol. The molecule has 5 N–H and O–H groups in total. The van der Waals surface area contributed by atoms with Gasteiger partial charge in [-0.1, -0.05) is 18.2 Å². The van der Waals surface area contributed by atoms with Crippen molar-refractivity contribution in [3.63, 3.8) is 0 Å². The van der Waals surface area contributed by atoms with E-state index in [9.17, 15) is 30.3 Å². The number of pyridine rings is 1. The lowest BCUT2D eigenvalue weighted by Gasteiger charge is -2.42. The average molecular weight is 495 g/mol. The number of methoxy groups -OCH3 is 1. The second-order valence-electron chi connectivity index (χ2n) is 8.20. The third-order valence-electron chi connectivity index (χ3n) is 5.96. The van der Waals surface area contributed by atoms with Gasteiger partial charge in [0.15, 0.2) is 25.2 Å². The number of allylic oxidation sites excluding steroid dienone is 1. The molecular formula is C24H32NO10+. The molecule has 0 aliphatic carbocycles. The predicted molar refractivity (Wildman–Crippen MR) is 120 cm³/mol. The Labute approximate surface area is 202 Å². The molecule has 0 amide bonds. The van der Waals surface area contributed by atoms with E-state index in [1.807, 2.05) is 29.1 Å². The fourth-order valence-corrected chi connectivity index (χ4v) is 4.02. The number of aromatic nitrogens is 1. The number of carbonyl (C=O) groups excluding carboxylic acids is 1. The van der Waals surface area contributed by atoms with Gasteiger partial charge < -0.3 is 44.5 Å². The maximum atomic E-state index is 12.4. The molecule has 0 spiro atoms. The molecule has 11 nitrogen and oxygen atoms in total. The zero-order valence-electron chi connectivity index (χ0n) is 19.3. The van der Waals surface area contributed by atoms with E-state index < -0.39 is 61.4 Å². The lowest BCUT2D eigenvalue weighted by atomic mass is 9.83. The van der Waals surface area contributed by atoms with E-state index in [4.69, 9.17) is 18.9 Å². The van der Waals surface area contributed by atoms with E-state index in [1.165, 1.54) is 19.4 Å². The largest absolute Gasteiger partial charge is 0.471 e. The molecule has 35 heavy (non-hydrogen) atoms. The minimum Gasteiger partial charge on any atom is -0.471 e. The molecule has 0 aromatic carbocycles. The summed E-state index contributed by atoms with van der Waals surface area (Å²) in [4.78, 5) is 12.4. The molecule has 192 valence electrons. The number of ether oxygens (including phenoxy) is 4. The molecule has 0 saturated carbocycles. The first-order chi connectivity index (χ1) is 16.8. The maximum absolute atomic E-state index is 12.4. The van der Waals surface area contributed by atoms with Crippen LogP contribution in [0, 0.1) is 11.8 Å². The van der Waals surface area contributed by atoms with Crippen LogP contribution in [-0.4, -0.2) is 88.8 Å². The molecule has 11 heteroatoms. The molecule has 1 fully saturated rings. The lowest BCUT2D eigenvalue weighted by molar-refractivity contribution is -0.698. The summed E-state index contributed by atoms with van der Waals surface area (Å²) in [5, 5.41) is 49.0. The standard InChI is InChI=1S/C24H32NO10/c1-3-15-16(7-6-14-5-4-8-25(11-14)9-10-26)17(22(31)32-2)13-33-23(15)35-24-21(30)20(29)19(28)18(12-27)34-24/h3-8,11,13,15-16,18-21,23-24,26-30H,1,9-10,12H2,2H3/q+1/b7-6+/t15-,16+,18-,19-,20+,21-,23+,24+/m1/s1. The summed E-state index contributed by atoms with van der Waals surface area (Å²) < 4.78 is 23.5. The number of hydrogen-bond acceptors (Lipinski definition) is 10. The Kier molecular flexibility index (Phi) is 9.52. The van der Waals surface area contributed by atoms with Crippen LogP contribution in [0.3, 0.4) is 0 Å². The molecule has 3 heterocycles. The van der Waals surface area contributed by atoms with Crippen molar-refractivity contribution in [2.75, 3.05) is 20.3 Å². The fourth-order valence-electron chi connectivity index (χ4n) is 4.02. The van der Waals surface area contributed by atoms with E-state index >= 15 is 0 Å². The van der Waals surface area contributed by atoms with Gasteiger partial charge in [-0.05, 0) is 6.07 Å². The maximum Gasteiger partial charge on any atom is 0.337 e. The third-order valence-corrected chi connectivity index (χ3v) is 5.96. The lowest BCUT2D eigenvalue weighted by Crippen LogP contribution is -2.60. The summed E-state index contributed by atoms with van der Waals surface area (Å²) in [6, 6.07) is 3.68. The Balaban J connectivity index is 1.86. The minimum atomic E-state index is -1.62. The van der Waals surface area contributed by atoms with Crippen molar-refractivity contribution in [3.8, 4) is 0 Å². The highest BCUT2D eigenvalue weighted by molar-refractivity contribution is 5.89. The van der Waals surface area contributed by atoms with Crippen LogP contribution in [0.25, 0.3) is 6.08 Å². The van der Waals surface area contributed by atoms with Crippen molar-refractivity contribution in [1.82, 2.24) is 0 Å². The van der Waals surface area contributed by atoms with E-state index in [-0.39, 0.29) is 12.2 Å². The van der Waals surface area contributed by atoms with Crippen molar-refractivity contribution in [3.05, 3.63) is 60.7 Å². The second-order valence-corrected chi connectivity index (χ2v) is 8.20. The van der Waals surface area contributed by atoms with Crippen molar-refractivity contribution in [2.45, 2.75) is 43.5 Å². The van der Waals surface area contributed by atoms with Crippen molar-refractivity contribution < 1.29 is 53.8 Å². The summed E-state index contributed by atoms with van der Waals surface area (Å²) in [7, 11) is 1.25. The Bertz CT molecular complexity index is 933. The fraction of sp³-hybridized carbons (Fsp3) is 0.500. The minimum absolute atomic E-state index is 0.0114. The SMILES string of the molecule is C=C[C@H]1[C@H](O[C@@H]2O[C@H](CO)[C@@H](O)[C@H](O)[C@H]2O)OC=C(C(=O)OC)[C@H]1/C=C/c1ccc[n+](CCO)c1. The number of aliphatic hydroxyl groups excluding tert-OH is 5. The molecule has 0 radical (unpaired) electrons. The summed E-state index contributed by atoms with van der Waals surface area (Å²) in [6.07, 6.45) is 1.50. The highest BCUT2D eigenvalue weighted by Gasteiger charge is 2.47. The van der Waals surface area contributed by atoms with Gasteiger partial charge in [0.25, 0.3) is 0 Å². The number of rotatable bonds is 9. The highest BCUT2D eigenvalue weighted by atomic mass is 16.8. The summed E-state index contributed by atoms with van der Waals surface area (Å²) in [6.45, 7) is 3.64. The van der Waals surface area contributed by atoms with E-state index in [2.05, 4.69) is 6.58 Å². The van der Waals surface area contributed by atoms with Gasteiger partial charge in [-0.2, -0.15) is 0 Å². The van der Waals surface area contributed by atoms with Gasteiger partial charge in [0, 0.05) is 17.5 Å². The molecule has 2 aliphatic rings. The van der Waals surface area contributed by atoms with Crippen LogP contribution in [0.15, 0.2) is 55.1 Å². The first-order valence-corrected chi connectivity index (χ1v) is 11.1. The first kappa shape index (κ1) is 27.0. The molecule has 8 atom stereocenters. The molecule has 3 rings (SSSR count). The van der Waals surface area contributed by atoms with Crippen LogP contribution >= 0.6 is 0 Å². The monoisotopic (exact) mass is 494 g/mol. The van der Waals surface area contributed by atoms with Crippen molar-refractivity contribution in [2.24, 2.45) is 11.8 Å².